The molecular formula is C24H33ClN4S2. The van der Waals surface area contributed by atoms with E-state index in [9.17, 15) is 0 Å². The zero-order valence-electron chi connectivity index (χ0n) is 18.2. The number of benzene rings is 1. The molecule has 31 heavy (non-hydrogen) atoms. The van der Waals surface area contributed by atoms with Crippen LogP contribution in [0.1, 0.15) is 49.6 Å². The molecule has 1 aliphatic carbocycles. The van der Waals surface area contributed by atoms with Gasteiger partial charge in [0.15, 0.2) is 5.13 Å². The number of thiazole rings is 1. The van der Waals surface area contributed by atoms with Crippen LogP contribution < -0.4 is 16.0 Å². The van der Waals surface area contributed by atoms with Gasteiger partial charge in [-0.15, -0.1) is 35.1 Å². The highest BCUT2D eigenvalue weighted by Crippen LogP contribution is 2.40. The van der Waals surface area contributed by atoms with Crippen molar-refractivity contribution in [2.75, 3.05) is 30.3 Å². The highest BCUT2D eigenvalue weighted by atomic mass is 35.5. The molecule has 1 aromatic carbocycles. The largest absolute Gasteiger partial charge is 0.375 e. The van der Waals surface area contributed by atoms with E-state index in [0.717, 1.165) is 30.4 Å². The van der Waals surface area contributed by atoms with Gasteiger partial charge in [-0.2, -0.15) is 0 Å². The van der Waals surface area contributed by atoms with Gasteiger partial charge in [-0.05, 0) is 74.6 Å². The fourth-order valence-corrected chi connectivity index (χ4v) is 7.29. The number of nitrogens with zero attached hydrogens (tertiary/aromatic N) is 2. The first-order valence-electron chi connectivity index (χ1n) is 11.4. The predicted molar refractivity (Wildman–Crippen MR) is 138 cm³/mol. The summed E-state index contributed by atoms with van der Waals surface area (Å²) in [5.74, 6) is 0.791. The van der Waals surface area contributed by atoms with Crippen molar-refractivity contribution in [3.63, 3.8) is 0 Å². The van der Waals surface area contributed by atoms with Gasteiger partial charge in [0.05, 0.1) is 5.69 Å². The molecule has 1 unspecified atom stereocenters. The molecule has 1 fully saturated rings. The molecule has 0 spiro atoms. The smallest absolute Gasteiger partial charge is 0.180 e. The van der Waals surface area contributed by atoms with Crippen molar-refractivity contribution in [1.82, 2.24) is 10.3 Å². The number of aryl methyl sites for hydroxylation is 1. The van der Waals surface area contributed by atoms with E-state index in [1.807, 2.05) is 11.3 Å². The minimum Gasteiger partial charge on any atom is -0.375 e. The molecule has 1 saturated heterocycles. The average Bonchev–Trinajstić information content (AvgIpc) is 3.38. The molecule has 3 heterocycles. The van der Waals surface area contributed by atoms with Gasteiger partial charge in [-0.1, -0.05) is 13.0 Å². The first-order valence-corrected chi connectivity index (χ1v) is 13.1. The average molecular weight is 477 g/mol. The third-order valence-corrected chi connectivity index (χ3v) is 8.80. The summed E-state index contributed by atoms with van der Waals surface area (Å²) in [4.78, 5) is 8.60. The Morgan fingerprint density at radius 3 is 2.90 bits per heavy atom. The molecule has 1 atom stereocenters. The first kappa shape index (κ1) is 22.8. The second kappa shape index (κ2) is 9.65. The van der Waals surface area contributed by atoms with Crippen LogP contribution in [0.25, 0.3) is 10.1 Å². The molecule has 1 aliphatic heterocycles. The summed E-state index contributed by atoms with van der Waals surface area (Å²) in [6.45, 7) is 5.70. The number of halogens is 1. The van der Waals surface area contributed by atoms with Gasteiger partial charge in [-0.3, -0.25) is 0 Å². The third-order valence-electron chi connectivity index (χ3n) is 6.99. The molecule has 2 aliphatic rings. The predicted octanol–water partition coefficient (Wildman–Crippen LogP) is 5.90. The summed E-state index contributed by atoms with van der Waals surface area (Å²) in [6.07, 6.45) is 8.40. The lowest BCUT2D eigenvalue weighted by Gasteiger charge is -2.43. The SMILES string of the molecule is CCCNC1(CC2CCN(c3cccc4sccc34)CC2)CCc2nc(N)sc2C1.Cl. The standard InChI is InChI=1S/C24H32N4S2.ClH/c1-2-11-26-24(10-6-19-22(16-24)30-23(25)27-19)15-17-7-12-28(13-8-17)20-4-3-5-21-18(20)9-14-29-21;/h3-5,9,14,17,26H,2,6-8,10-13,15-16H2,1H3,(H2,25,27);1H. The number of anilines is 2. The van der Waals surface area contributed by atoms with Crippen LogP contribution in [-0.4, -0.2) is 30.2 Å². The van der Waals surface area contributed by atoms with Gasteiger partial charge in [0, 0.05) is 45.7 Å². The molecule has 3 N–H and O–H groups in total. The molecule has 4 nitrogen and oxygen atoms in total. The molecule has 0 saturated carbocycles. The molecule has 7 heteroatoms. The molecule has 168 valence electrons. The summed E-state index contributed by atoms with van der Waals surface area (Å²) in [7, 11) is 0. The second-order valence-corrected chi connectivity index (χ2v) is 11.1. The van der Waals surface area contributed by atoms with E-state index >= 15 is 0 Å². The monoisotopic (exact) mass is 476 g/mol. The third kappa shape index (κ3) is 4.72. The van der Waals surface area contributed by atoms with Crippen molar-refractivity contribution in [1.29, 1.82) is 0 Å². The highest BCUT2D eigenvalue weighted by molar-refractivity contribution is 7.17. The van der Waals surface area contributed by atoms with Gasteiger partial charge in [0.1, 0.15) is 0 Å². The van der Waals surface area contributed by atoms with E-state index in [0.29, 0.717) is 0 Å². The molecule has 3 aromatic rings. The van der Waals surface area contributed by atoms with E-state index in [-0.39, 0.29) is 17.9 Å². The molecule has 2 aromatic heterocycles. The molecule has 0 radical (unpaired) electrons. The molecule has 5 rings (SSSR count). The van der Waals surface area contributed by atoms with Gasteiger partial charge in [0.2, 0.25) is 0 Å². The molecule has 0 amide bonds. The summed E-state index contributed by atoms with van der Waals surface area (Å²) in [6, 6.07) is 9.04. The van der Waals surface area contributed by atoms with Gasteiger partial charge in [-0.25, -0.2) is 4.98 Å². The summed E-state index contributed by atoms with van der Waals surface area (Å²) in [5, 5.41) is 8.35. The van der Waals surface area contributed by atoms with Crippen LogP contribution >= 0.6 is 35.1 Å². The van der Waals surface area contributed by atoms with Crippen LogP contribution in [0, 0.1) is 5.92 Å². The van der Waals surface area contributed by atoms with Crippen molar-refractivity contribution in [3.05, 3.63) is 40.2 Å². The van der Waals surface area contributed by atoms with E-state index < -0.39 is 0 Å². The number of piperidine rings is 1. The van der Waals surface area contributed by atoms with Crippen molar-refractivity contribution < 1.29 is 0 Å². The van der Waals surface area contributed by atoms with Crippen LogP contribution in [-0.2, 0) is 12.8 Å². The Hall–Kier alpha value is -1.34. The van der Waals surface area contributed by atoms with E-state index in [2.05, 4.69) is 51.8 Å². The van der Waals surface area contributed by atoms with Crippen LogP contribution in [0.2, 0.25) is 0 Å². The van der Waals surface area contributed by atoms with Crippen molar-refractivity contribution in [2.24, 2.45) is 5.92 Å². The van der Waals surface area contributed by atoms with Gasteiger partial charge >= 0.3 is 0 Å². The van der Waals surface area contributed by atoms with E-state index in [1.54, 1.807) is 11.3 Å². The molecule has 0 bridgehead atoms. The topological polar surface area (TPSA) is 54.2 Å². The van der Waals surface area contributed by atoms with Crippen LogP contribution in [0.3, 0.4) is 0 Å². The quantitative estimate of drug-likeness (QED) is 0.465. The minimum absolute atomic E-state index is 0. The van der Waals surface area contributed by atoms with Gasteiger partial charge < -0.3 is 16.0 Å². The maximum atomic E-state index is 6.02. The second-order valence-electron chi connectivity index (χ2n) is 9.05. The fraction of sp³-hybridized carbons (Fsp3) is 0.542. The maximum Gasteiger partial charge on any atom is 0.180 e. The van der Waals surface area contributed by atoms with E-state index in [4.69, 9.17) is 5.73 Å². The lowest BCUT2D eigenvalue weighted by molar-refractivity contribution is 0.206. The number of rotatable bonds is 6. The van der Waals surface area contributed by atoms with Crippen molar-refractivity contribution in [3.8, 4) is 0 Å². The number of nitrogens with one attached hydrogen (secondary N) is 1. The Balaban J connectivity index is 0.00000231. The first-order chi connectivity index (χ1) is 14.7. The number of hydrogen-bond donors (Lipinski definition) is 2. The number of thiophene rings is 1. The summed E-state index contributed by atoms with van der Waals surface area (Å²) >= 11 is 3.55. The number of nitrogen functional groups attached to an aromatic ring is 1. The zero-order chi connectivity index (χ0) is 20.6. The Morgan fingerprint density at radius 1 is 1.26 bits per heavy atom. The maximum absolute atomic E-state index is 6.02. The summed E-state index contributed by atoms with van der Waals surface area (Å²) < 4.78 is 1.40. The van der Waals surface area contributed by atoms with E-state index in [1.165, 1.54) is 71.5 Å². The van der Waals surface area contributed by atoms with Crippen molar-refractivity contribution in [2.45, 2.75) is 57.4 Å². The highest BCUT2D eigenvalue weighted by Gasteiger charge is 2.38. The Kier molecular flexibility index (Phi) is 7.11. The minimum atomic E-state index is 0. The lowest BCUT2D eigenvalue weighted by atomic mass is 9.74. The number of nitrogens with two attached hydrogens (primary N) is 1. The van der Waals surface area contributed by atoms with Crippen LogP contribution in [0.15, 0.2) is 29.6 Å². The van der Waals surface area contributed by atoms with Crippen LogP contribution in [0.5, 0.6) is 0 Å². The van der Waals surface area contributed by atoms with Gasteiger partial charge in [0.25, 0.3) is 0 Å². The Morgan fingerprint density at radius 2 is 2.10 bits per heavy atom. The fourth-order valence-electron chi connectivity index (χ4n) is 5.46. The lowest BCUT2D eigenvalue weighted by Crippen LogP contribution is -2.51. The summed E-state index contributed by atoms with van der Waals surface area (Å²) in [5.41, 5.74) is 8.92. The van der Waals surface area contributed by atoms with Crippen LogP contribution in [0.4, 0.5) is 10.8 Å². The zero-order valence-corrected chi connectivity index (χ0v) is 20.7. The normalized spacial score (nSPS) is 21.8. The Labute approximate surface area is 199 Å². The Bertz CT molecular complexity index is 1010. The number of aromatic nitrogens is 1. The molecular weight excluding hydrogens is 444 g/mol. The number of hydrogen-bond acceptors (Lipinski definition) is 6. The number of fused-ring (bicyclic) bond motifs is 2. The van der Waals surface area contributed by atoms with Crippen molar-refractivity contribution >= 4 is 56.0 Å².